The second kappa shape index (κ2) is 6.16. The largest absolute Gasteiger partial charge is 0.370 e. The van der Waals surface area contributed by atoms with E-state index in [1.54, 1.807) is 12.4 Å². The summed E-state index contributed by atoms with van der Waals surface area (Å²) in [5.74, 6) is 2.58. The predicted octanol–water partition coefficient (Wildman–Crippen LogP) is 3.32. The molecule has 7 heteroatoms. The Morgan fingerprint density at radius 1 is 1.26 bits per heavy atom. The van der Waals surface area contributed by atoms with Crippen LogP contribution < -0.4 is 10.6 Å². The fraction of sp³-hybridized carbons (Fsp3) is 0.312. The highest BCUT2D eigenvalue weighted by Gasteiger charge is 2.21. The van der Waals surface area contributed by atoms with Crippen LogP contribution in [0.3, 0.4) is 0 Å². The molecule has 0 spiro atoms. The van der Waals surface area contributed by atoms with Crippen LogP contribution in [0.4, 0.5) is 11.6 Å². The Morgan fingerprint density at radius 3 is 2.96 bits per heavy atom. The van der Waals surface area contributed by atoms with Crippen molar-refractivity contribution < 1.29 is 0 Å². The van der Waals surface area contributed by atoms with Crippen molar-refractivity contribution in [3.05, 3.63) is 46.8 Å². The first kappa shape index (κ1) is 14.4. The molecule has 0 atom stereocenters. The number of hydrogen-bond acceptors (Lipinski definition) is 5. The molecule has 23 heavy (non-hydrogen) atoms. The number of anilines is 2. The van der Waals surface area contributed by atoms with Gasteiger partial charge in [-0.25, -0.2) is 4.98 Å². The summed E-state index contributed by atoms with van der Waals surface area (Å²) in [5, 5.41) is 11.2. The van der Waals surface area contributed by atoms with Crippen molar-refractivity contribution >= 4 is 33.2 Å². The summed E-state index contributed by atoms with van der Waals surface area (Å²) >= 11 is 3.51. The number of nitrogens with one attached hydrogen (secondary N) is 2. The Labute approximate surface area is 142 Å². The molecule has 1 aliphatic rings. The van der Waals surface area contributed by atoms with Gasteiger partial charge in [0.2, 0.25) is 0 Å². The summed E-state index contributed by atoms with van der Waals surface area (Å²) < 4.78 is 2.69. The number of aromatic nitrogens is 4. The van der Waals surface area contributed by atoms with Gasteiger partial charge in [-0.1, -0.05) is 6.07 Å². The quantitative estimate of drug-likeness (QED) is 0.694. The van der Waals surface area contributed by atoms with Gasteiger partial charge >= 0.3 is 0 Å². The van der Waals surface area contributed by atoms with E-state index in [1.165, 1.54) is 12.8 Å². The third kappa shape index (κ3) is 3.29. The molecule has 0 bridgehead atoms. The third-order valence-electron chi connectivity index (χ3n) is 3.89. The minimum Gasteiger partial charge on any atom is -0.370 e. The number of hydrogen-bond donors (Lipinski definition) is 2. The van der Waals surface area contributed by atoms with Crippen molar-refractivity contribution in [1.29, 1.82) is 0 Å². The van der Waals surface area contributed by atoms with Crippen LogP contribution in [0.1, 0.15) is 18.4 Å². The zero-order valence-corrected chi connectivity index (χ0v) is 14.1. The van der Waals surface area contributed by atoms with Gasteiger partial charge < -0.3 is 10.6 Å². The lowest BCUT2D eigenvalue weighted by molar-refractivity contribution is 0.875. The number of halogens is 1. The third-order valence-corrected chi connectivity index (χ3v) is 4.45. The highest BCUT2D eigenvalue weighted by molar-refractivity contribution is 9.10. The minimum absolute atomic E-state index is 0.687. The van der Waals surface area contributed by atoms with E-state index in [1.807, 2.05) is 28.9 Å². The molecular formula is C16H17BrN6. The van der Waals surface area contributed by atoms with Gasteiger partial charge in [0.25, 0.3) is 0 Å². The van der Waals surface area contributed by atoms with Crippen LogP contribution in [-0.2, 0) is 6.54 Å². The molecule has 0 saturated heterocycles. The van der Waals surface area contributed by atoms with Crippen LogP contribution >= 0.6 is 15.9 Å². The lowest BCUT2D eigenvalue weighted by Crippen LogP contribution is -2.10. The second-order valence-corrected chi connectivity index (χ2v) is 6.65. The van der Waals surface area contributed by atoms with Crippen LogP contribution in [-0.4, -0.2) is 26.1 Å². The SMILES string of the molecule is Brc1cnn2c(NCc3cccnc3)cc(NCC3CC3)nc12. The molecule has 0 aliphatic heterocycles. The molecule has 1 aliphatic carbocycles. The van der Waals surface area contributed by atoms with E-state index in [4.69, 9.17) is 0 Å². The van der Waals surface area contributed by atoms with Gasteiger partial charge in [-0.05, 0) is 46.3 Å². The number of rotatable bonds is 6. The molecule has 1 saturated carbocycles. The molecule has 0 radical (unpaired) electrons. The van der Waals surface area contributed by atoms with Gasteiger partial charge in [-0.15, -0.1) is 0 Å². The van der Waals surface area contributed by atoms with Gasteiger partial charge in [-0.3, -0.25) is 4.98 Å². The van der Waals surface area contributed by atoms with Gasteiger partial charge in [0.1, 0.15) is 11.6 Å². The van der Waals surface area contributed by atoms with E-state index in [0.717, 1.165) is 39.8 Å². The van der Waals surface area contributed by atoms with Gasteiger partial charge in [0, 0.05) is 31.5 Å². The Bertz CT molecular complexity index is 812. The zero-order chi connectivity index (χ0) is 15.6. The van der Waals surface area contributed by atoms with Crippen LogP contribution in [0.2, 0.25) is 0 Å². The normalized spacial score (nSPS) is 14.1. The van der Waals surface area contributed by atoms with Gasteiger partial charge in [0.15, 0.2) is 5.65 Å². The van der Waals surface area contributed by atoms with E-state index in [-0.39, 0.29) is 0 Å². The predicted molar refractivity (Wildman–Crippen MR) is 93.5 cm³/mol. The van der Waals surface area contributed by atoms with E-state index < -0.39 is 0 Å². The maximum Gasteiger partial charge on any atom is 0.173 e. The molecule has 3 aromatic heterocycles. The first-order chi connectivity index (χ1) is 11.3. The Hall–Kier alpha value is -2.15. The monoisotopic (exact) mass is 372 g/mol. The van der Waals surface area contributed by atoms with Crippen molar-refractivity contribution in [2.24, 2.45) is 5.92 Å². The summed E-state index contributed by atoms with van der Waals surface area (Å²) in [6.07, 6.45) is 8.03. The maximum atomic E-state index is 4.64. The Morgan fingerprint density at radius 2 is 2.17 bits per heavy atom. The molecule has 0 amide bonds. The summed E-state index contributed by atoms with van der Waals surface area (Å²) in [5.41, 5.74) is 1.93. The number of fused-ring (bicyclic) bond motifs is 1. The summed E-state index contributed by atoms with van der Waals surface area (Å²) in [6.45, 7) is 1.67. The Kier molecular flexibility index (Phi) is 3.87. The molecule has 118 valence electrons. The van der Waals surface area contributed by atoms with Crippen LogP contribution in [0.5, 0.6) is 0 Å². The van der Waals surface area contributed by atoms with Crippen molar-refractivity contribution in [2.45, 2.75) is 19.4 Å². The average molecular weight is 373 g/mol. The lowest BCUT2D eigenvalue weighted by atomic mass is 10.3. The van der Waals surface area contributed by atoms with Gasteiger partial charge in [-0.2, -0.15) is 9.61 Å². The van der Waals surface area contributed by atoms with Crippen molar-refractivity contribution in [3.63, 3.8) is 0 Å². The second-order valence-electron chi connectivity index (χ2n) is 5.79. The lowest BCUT2D eigenvalue weighted by Gasteiger charge is -2.11. The average Bonchev–Trinajstić information content (AvgIpc) is 3.35. The van der Waals surface area contributed by atoms with E-state index in [9.17, 15) is 0 Å². The smallest absolute Gasteiger partial charge is 0.173 e. The van der Waals surface area contributed by atoms with Crippen LogP contribution in [0.15, 0.2) is 41.3 Å². The molecule has 3 heterocycles. The number of pyridine rings is 1. The summed E-state index contributed by atoms with van der Waals surface area (Å²) in [4.78, 5) is 8.78. The van der Waals surface area contributed by atoms with E-state index in [2.05, 4.69) is 41.6 Å². The highest BCUT2D eigenvalue weighted by atomic mass is 79.9. The molecule has 0 aromatic carbocycles. The fourth-order valence-electron chi connectivity index (χ4n) is 2.42. The summed E-state index contributed by atoms with van der Waals surface area (Å²) in [6, 6.07) is 5.99. The molecule has 6 nitrogen and oxygen atoms in total. The number of nitrogens with zero attached hydrogens (tertiary/aromatic N) is 4. The standard InChI is InChI=1S/C16H17BrN6/c17-13-10-21-23-15(20-9-12-2-1-5-18-7-12)6-14(22-16(13)23)19-8-11-3-4-11/h1-2,5-7,10-11,20H,3-4,8-9H2,(H,19,22). The van der Waals surface area contributed by atoms with E-state index >= 15 is 0 Å². The molecule has 0 unspecified atom stereocenters. The van der Waals surface area contributed by atoms with Crippen molar-refractivity contribution in [3.8, 4) is 0 Å². The van der Waals surface area contributed by atoms with Crippen molar-refractivity contribution in [2.75, 3.05) is 17.2 Å². The highest BCUT2D eigenvalue weighted by Crippen LogP contribution is 2.29. The topological polar surface area (TPSA) is 67.1 Å². The molecule has 3 aromatic rings. The molecule has 2 N–H and O–H groups in total. The first-order valence-corrected chi connectivity index (χ1v) is 8.50. The van der Waals surface area contributed by atoms with E-state index in [0.29, 0.717) is 6.54 Å². The zero-order valence-electron chi connectivity index (χ0n) is 12.5. The van der Waals surface area contributed by atoms with Crippen LogP contribution in [0.25, 0.3) is 5.65 Å². The van der Waals surface area contributed by atoms with Gasteiger partial charge in [0.05, 0.1) is 10.7 Å². The van der Waals surface area contributed by atoms with Crippen LogP contribution in [0, 0.1) is 5.92 Å². The first-order valence-electron chi connectivity index (χ1n) is 7.70. The maximum absolute atomic E-state index is 4.64. The molecule has 4 rings (SSSR count). The molecular weight excluding hydrogens is 356 g/mol. The minimum atomic E-state index is 0.687. The fourth-order valence-corrected chi connectivity index (χ4v) is 2.77. The Balaban J connectivity index is 1.60. The molecule has 1 fully saturated rings. The summed E-state index contributed by atoms with van der Waals surface area (Å²) in [7, 11) is 0. The van der Waals surface area contributed by atoms with Crippen molar-refractivity contribution in [1.82, 2.24) is 19.6 Å².